The molecule has 54 heavy (non-hydrogen) atoms. The second-order valence-corrected chi connectivity index (χ2v) is 14.4. The largest absolute Gasteiger partial charge is 0.455 e. The van der Waals surface area contributed by atoms with Crippen molar-refractivity contribution in [3.8, 4) is 55.8 Å². The summed E-state index contributed by atoms with van der Waals surface area (Å²) in [6, 6.07) is 63.5. The number of pyridine rings is 2. The zero-order valence-electron chi connectivity index (χ0n) is 29.1. The van der Waals surface area contributed by atoms with E-state index in [1.54, 1.807) is 0 Å². The van der Waals surface area contributed by atoms with Crippen LogP contribution >= 0.6 is 0 Å². The van der Waals surface area contributed by atoms with Crippen LogP contribution in [0.25, 0.3) is 88.7 Å². The molecule has 0 saturated carbocycles. The minimum Gasteiger partial charge on any atom is -0.455 e. The lowest BCUT2D eigenvalue weighted by atomic mass is 9.70. The Balaban J connectivity index is 1.05. The zero-order chi connectivity index (χ0) is 35.4. The summed E-state index contributed by atoms with van der Waals surface area (Å²) in [7, 11) is 0. The lowest BCUT2D eigenvalue weighted by molar-refractivity contribution is 0.670. The van der Waals surface area contributed by atoms with Gasteiger partial charge in [-0.3, -0.25) is 0 Å². The standard InChI is InChI=1S/C51H30N2O/c1-5-20-42-34(12-1)35-13-2-6-21-43(35)51(42)44-22-7-3-15-39(44)48-40(18-10-23-45(48)51)46-30-41(38-19-11-29-52-50(38)53-46)32-27-25-31(26-28-32)33-16-9-17-37-36-14-4-8-24-47(36)54-49(33)37/h1-30H. The predicted molar refractivity (Wildman–Crippen MR) is 219 cm³/mol. The molecule has 0 saturated heterocycles. The van der Waals surface area contributed by atoms with Gasteiger partial charge in [0.2, 0.25) is 0 Å². The number of para-hydroxylation sites is 2. The SMILES string of the molecule is c1ccc2c(c1)-c1ccccc1C21c2ccccc2-c2c(-c3cc(-c4ccc(-c5cccc6c5oc5ccccc56)cc4)c4cccnc4n3)cccc21. The van der Waals surface area contributed by atoms with E-state index in [2.05, 4.69) is 158 Å². The highest BCUT2D eigenvalue weighted by atomic mass is 16.3. The number of aromatic nitrogens is 2. The molecule has 0 radical (unpaired) electrons. The second kappa shape index (κ2) is 11.0. The molecule has 0 bridgehead atoms. The van der Waals surface area contributed by atoms with E-state index in [4.69, 9.17) is 14.4 Å². The average Bonchev–Trinajstić information content (AvgIpc) is 3.88. The molecule has 2 aliphatic rings. The van der Waals surface area contributed by atoms with E-state index in [0.717, 1.165) is 66.5 Å². The van der Waals surface area contributed by atoms with Crippen molar-refractivity contribution in [2.24, 2.45) is 0 Å². The van der Waals surface area contributed by atoms with Crippen molar-refractivity contribution in [3.63, 3.8) is 0 Å². The number of nitrogens with zero attached hydrogens (tertiary/aromatic N) is 2. The van der Waals surface area contributed by atoms with E-state index >= 15 is 0 Å². The van der Waals surface area contributed by atoms with Crippen LogP contribution in [0.15, 0.2) is 187 Å². The Morgan fingerprint density at radius 1 is 0.407 bits per heavy atom. The number of rotatable bonds is 3. The van der Waals surface area contributed by atoms with Crippen LogP contribution in [-0.4, -0.2) is 9.97 Å². The highest BCUT2D eigenvalue weighted by Gasteiger charge is 2.52. The highest BCUT2D eigenvalue weighted by Crippen LogP contribution is 2.63. The molecule has 10 aromatic rings. The van der Waals surface area contributed by atoms with Crippen LogP contribution in [0.3, 0.4) is 0 Å². The topological polar surface area (TPSA) is 38.9 Å². The van der Waals surface area contributed by atoms with Crippen molar-refractivity contribution in [1.29, 1.82) is 0 Å². The molecular formula is C51H30N2O. The molecule has 0 N–H and O–H groups in total. The van der Waals surface area contributed by atoms with Crippen LogP contribution < -0.4 is 0 Å². The Labute approximate surface area is 311 Å². The van der Waals surface area contributed by atoms with E-state index in [0.29, 0.717) is 0 Å². The van der Waals surface area contributed by atoms with Crippen LogP contribution in [-0.2, 0) is 5.41 Å². The van der Waals surface area contributed by atoms with Crippen molar-refractivity contribution < 1.29 is 4.42 Å². The molecule has 3 aromatic heterocycles. The van der Waals surface area contributed by atoms with E-state index < -0.39 is 5.41 Å². The quantitative estimate of drug-likeness (QED) is 0.186. The van der Waals surface area contributed by atoms with E-state index in [1.807, 2.05) is 24.4 Å². The van der Waals surface area contributed by atoms with Gasteiger partial charge in [0.1, 0.15) is 11.2 Å². The lowest BCUT2D eigenvalue weighted by Gasteiger charge is -2.30. The van der Waals surface area contributed by atoms with Gasteiger partial charge in [-0.05, 0) is 85.5 Å². The smallest absolute Gasteiger partial charge is 0.160 e. The summed E-state index contributed by atoms with van der Waals surface area (Å²) in [6.45, 7) is 0. The minimum absolute atomic E-state index is 0.411. The molecule has 0 fully saturated rings. The maximum Gasteiger partial charge on any atom is 0.160 e. The fourth-order valence-corrected chi connectivity index (χ4v) is 9.59. The molecule has 2 aliphatic carbocycles. The van der Waals surface area contributed by atoms with Gasteiger partial charge in [0.25, 0.3) is 0 Å². The van der Waals surface area contributed by atoms with Gasteiger partial charge in [-0.15, -0.1) is 0 Å². The van der Waals surface area contributed by atoms with Crippen molar-refractivity contribution >= 4 is 33.0 Å². The first kappa shape index (κ1) is 29.5. The van der Waals surface area contributed by atoms with Gasteiger partial charge in [-0.25, -0.2) is 9.97 Å². The van der Waals surface area contributed by atoms with Crippen molar-refractivity contribution in [3.05, 3.63) is 204 Å². The summed E-state index contributed by atoms with van der Waals surface area (Å²) in [6.07, 6.45) is 1.84. The zero-order valence-corrected chi connectivity index (χ0v) is 29.1. The Morgan fingerprint density at radius 2 is 0.963 bits per heavy atom. The normalized spacial score (nSPS) is 13.3. The van der Waals surface area contributed by atoms with Crippen LogP contribution in [0.1, 0.15) is 22.3 Å². The van der Waals surface area contributed by atoms with Crippen LogP contribution in [0.2, 0.25) is 0 Å². The first-order chi connectivity index (χ1) is 26.8. The fraction of sp³-hybridized carbons (Fsp3) is 0.0196. The van der Waals surface area contributed by atoms with Gasteiger partial charge in [0, 0.05) is 33.5 Å². The third-order valence-electron chi connectivity index (χ3n) is 11.8. The van der Waals surface area contributed by atoms with Crippen molar-refractivity contribution in [1.82, 2.24) is 9.97 Å². The summed E-state index contributed by atoms with van der Waals surface area (Å²) in [5.74, 6) is 0. The first-order valence-electron chi connectivity index (χ1n) is 18.5. The minimum atomic E-state index is -0.411. The van der Waals surface area contributed by atoms with Crippen molar-refractivity contribution in [2.45, 2.75) is 5.41 Å². The fourth-order valence-electron chi connectivity index (χ4n) is 9.59. The molecule has 3 heteroatoms. The number of hydrogen-bond acceptors (Lipinski definition) is 3. The lowest BCUT2D eigenvalue weighted by Crippen LogP contribution is -2.25. The molecule has 0 aliphatic heterocycles. The molecule has 250 valence electrons. The second-order valence-electron chi connectivity index (χ2n) is 14.4. The van der Waals surface area contributed by atoms with Gasteiger partial charge in [-0.2, -0.15) is 0 Å². The number of hydrogen-bond donors (Lipinski definition) is 0. The third kappa shape index (κ3) is 3.85. The predicted octanol–water partition coefficient (Wildman–Crippen LogP) is 12.9. The highest BCUT2D eigenvalue weighted by molar-refractivity contribution is 6.10. The third-order valence-corrected chi connectivity index (χ3v) is 11.8. The van der Waals surface area contributed by atoms with Gasteiger partial charge < -0.3 is 4.42 Å². The summed E-state index contributed by atoms with van der Waals surface area (Å²) in [4.78, 5) is 10.1. The van der Waals surface area contributed by atoms with Crippen molar-refractivity contribution in [2.75, 3.05) is 0 Å². The molecule has 0 unspecified atom stereocenters. The molecule has 1 spiro atoms. The van der Waals surface area contributed by atoms with Crippen LogP contribution in [0.5, 0.6) is 0 Å². The Hall–Kier alpha value is -7.10. The number of benzene rings is 7. The molecule has 3 nitrogen and oxygen atoms in total. The Kier molecular flexibility index (Phi) is 5.98. The Bertz CT molecular complexity index is 3130. The summed E-state index contributed by atoms with van der Waals surface area (Å²) in [5, 5.41) is 3.29. The van der Waals surface area contributed by atoms with E-state index in [-0.39, 0.29) is 0 Å². The molecule has 7 aromatic carbocycles. The summed E-state index contributed by atoms with van der Waals surface area (Å²) >= 11 is 0. The maximum atomic E-state index is 6.39. The Morgan fingerprint density at radius 3 is 1.74 bits per heavy atom. The van der Waals surface area contributed by atoms with Gasteiger partial charge in [-0.1, -0.05) is 152 Å². The van der Waals surface area contributed by atoms with Gasteiger partial charge >= 0.3 is 0 Å². The van der Waals surface area contributed by atoms with E-state index in [9.17, 15) is 0 Å². The maximum absolute atomic E-state index is 6.39. The van der Waals surface area contributed by atoms with Crippen LogP contribution in [0.4, 0.5) is 0 Å². The van der Waals surface area contributed by atoms with E-state index in [1.165, 1.54) is 44.5 Å². The molecular weight excluding hydrogens is 657 g/mol. The molecule has 0 amide bonds. The summed E-state index contributed by atoms with van der Waals surface area (Å²) < 4.78 is 6.39. The number of fused-ring (bicyclic) bond motifs is 14. The van der Waals surface area contributed by atoms with Gasteiger partial charge in [0.05, 0.1) is 11.1 Å². The first-order valence-corrected chi connectivity index (χ1v) is 18.5. The van der Waals surface area contributed by atoms with Gasteiger partial charge in [0.15, 0.2) is 5.65 Å². The molecule has 3 heterocycles. The number of furan rings is 1. The molecule has 0 atom stereocenters. The average molecular weight is 687 g/mol. The van der Waals surface area contributed by atoms with Crippen LogP contribution in [0, 0.1) is 0 Å². The summed E-state index contributed by atoms with van der Waals surface area (Å²) in [5.41, 5.74) is 19.0. The molecule has 12 rings (SSSR count). The monoisotopic (exact) mass is 686 g/mol.